The molecule has 6 nitrogen and oxygen atoms in total. The highest BCUT2D eigenvalue weighted by Gasteiger charge is 2.44. The topological polar surface area (TPSA) is 47.3 Å². The van der Waals surface area contributed by atoms with Gasteiger partial charge in [0.25, 0.3) is 0 Å². The molecule has 4 heterocycles. The molecule has 0 amide bonds. The minimum absolute atomic E-state index is 0.327. The minimum atomic E-state index is 0.327. The van der Waals surface area contributed by atoms with Crippen molar-refractivity contribution in [1.82, 2.24) is 14.7 Å². The third-order valence-corrected chi connectivity index (χ3v) is 3.26. The molecule has 0 radical (unpaired) electrons. The fourth-order valence-electron chi connectivity index (χ4n) is 2.14. The molecule has 4 rings (SSSR count). The molecule has 84 valence electrons. The number of hydrogen-bond acceptors (Lipinski definition) is 6. The summed E-state index contributed by atoms with van der Waals surface area (Å²) in [6.07, 6.45) is 0.980. The maximum absolute atomic E-state index is 5.34. The second kappa shape index (κ2) is 3.13. The van der Waals surface area contributed by atoms with Crippen LogP contribution in [-0.2, 0) is 14.2 Å². The highest BCUT2D eigenvalue weighted by Crippen LogP contribution is 2.28. The van der Waals surface area contributed by atoms with Gasteiger partial charge in [-0.2, -0.15) is 0 Å². The maximum atomic E-state index is 5.34. The number of rotatable bonds is 3. The third-order valence-electron chi connectivity index (χ3n) is 3.26. The van der Waals surface area contributed by atoms with Gasteiger partial charge in [0.1, 0.15) is 18.7 Å². The smallest absolute Gasteiger partial charge is 0.136 e. The van der Waals surface area contributed by atoms with Crippen molar-refractivity contribution in [2.75, 3.05) is 39.8 Å². The average Bonchev–Trinajstić information content (AvgIpc) is 3.20. The van der Waals surface area contributed by atoms with Crippen LogP contribution in [0.3, 0.4) is 0 Å². The van der Waals surface area contributed by atoms with Gasteiger partial charge in [0.15, 0.2) is 0 Å². The Morgan fingerprint density at radius 1 is 0.600 bits per heavy atom. The predicted octanol–water partition coefficient (Wildman–Crippen LogP) is -1.15. The summed E-state index contributed by atoms with van der Waals surface area (Å²) in [5.74, 6) is 0. The summed E-state index contributed by atoms with van der Waals surface area (Å²) in [5, 5.41) is 0. The van der Waals surface area contributed by atoms with Crippen molar-refractivity contribution in [1.29, 1.82) is 0 Å². The first-order valence-electron chi connectivity index (χ1n) is 5.47. The SMILES string of the molecule is C1OC1N1CN(C2CO2)CN(C2CO2)C1. The summed E-state index contributed by atoms with van der Waals surface area (Å²) in [7, 11) is 0. The monoisotopic (exact) mass is 213 g/mol. The third kappa shape index (κ3) is 1.77. The zero-order valence-electron chi connectivity index (χ0n) is 8.54. The molecule has 0 saturated carbocycles. The fourth-order valence-corrected chi connectivity index (χ4v) is 2.14. The lowest BCUT2D eigenvalue weighted by Crippen LogP contribution is -2.57. The molecule has 6 heteroatoms. The molecule has 15 heavy (non-hydrogen) atoms. The van der Waals surface area contributed by atoms with E-state index in [0.717, 1.165) is 39.8 Å². The molecular formula is C9H15N3O3. The van der Waals surface area contributed by atoms with Gasteiger partial charge in [0.2, 0.25) is 0 Å². The number of nitrogens with zero attached hydrogens (tertiary/aromatic N) is 3. The zero-order chi connectivity index (χ0) is 9.83. The summed E-state index contributed by atoms with van der Waals surface area (Å²) in [6, 6.07) is 0. The molecular weight excluding hydrogens is 198 g/mol. The van der Waals surface area contributed by atoms with E-state index in [1.165, 1.54) is 0 Å². The van der Waals surface area contributed by atoms with E-state index in [-0.39, 0.29) is 0 Å². The first-order chi connectivity index (χ1) is 7.40. The largest absolute Gasteiger partial charge is 0.356 e. The van der Waals surface area contributed by atoms with Gasteiger partial charge < -0.3 is 14.2 Å². The normalized spacial score (nSPS) is 46.8. The van der Waals surface area contributed by atoms with Crippen molar-refractivity contribution in [3.63, 3.8) is 0 Å². The van der Waals surface area contributed by atoms with Crippen LogP contribution < -0.4 is 0 Å². The molecule has 0 N–H and O–H groups in total. The molecule has 4 saturated heterocycles. The van der Waals surface area contributed by atoms with Crippen molar-refractivity contribution in [3.8, 4) is 0 Å². The molecule has 4 aliphatic heterocycles. The molecule has 0 aliphatic carbocycles. The number of epoxide rings is 3. The van der Waals surface area contributed by atoms with Crippen molar-refractivity contribution in [3.05, 3.63) is 0 Å². The molecule has 0 aromatic carbocycles. The Kier molecular flexibility index (Phi) is 1.85. The van der Waals surface area contributed by atoms with Crippen molar-refractivity contribution >= 4 is 0 Å². The summed E-state index contributed by atoms with van der Waals surface area (Å²) < 4.78 is 16.0. The molecule has 0 aromatic rings. The molecule has 0 bridgehead atoms. The van der Waals surface area contributed by atoms with E-state index < -0.39 is 0 Å². The van der Waals surface area contributed by atoms with E-state index in [1.807, 2.05) is 0 Å². The Bertz CT molecular complexity index is 217. The lowest BCUT2D eigenvalue weighted by atomic mass is 10.4. The van der Waals surface area contributed by atoms with E-state index in [0.29, 0.717) is 18.7 Å². The highest BCUT2D eigenvalue weighted by atomic mass is 16.6. The highest BCUT2D eigenvalue weighted by molar-refractivity contribution is 4.84. The molecule has 3 atom stereocenters. The van der Waals surface area contributed by atoms with E-state index in [2.05, 4.69) is 14.7 Å². The van der Waals surface area contributed by atoms with Gasteiger partial charge in [0.05, 0.1) is 39.8 Å². The lowest BCUT2D eigenvalue weighted by Gasteiger charge is -2.40. The Morgan fingerprint density at radius 3 is 1.07 bits per heavy atom. The number of hydrogen-bond donors (Lipinski definition) is 0. The van der Waals surface area contributed by atoms with Crippen LogP contribution in [0.15, 0.2) is 0 Å². The summed E-state index contributed by atoms with van der Waals surface area (Å²) in [4.78, 5) is 7.02. The van der Waals surface area contributed by atoms with Crippen LogP contribution in [0.4, 0.5) is 0 Å². The van der Waals surface area contributed by atoms with Crippen LogP contribution in [0.2, 0.25) is 0 Å². The predicted molar refractivity (Wildman–Crippen MR) is 49.3 cm³/mol. The minimum Gasteiger partial charge on any atom is -0.356 e. The first kappa shape index (κ1) is 8.86. The van der Waals surface area contributed by atoms with Gasteiger partial charge in [-0.25, -0.2) is 14.7 Å². The van der Waals surface area contributed by atoms with Gasteiger partial charge in [-0.05, 0) is 0 Å². The van der Waals surface area contributed by atoms with E-state index in [9.17, 15) is 0 Å². The molecule has 3 unspecified atom stereocenters. The standard InChI is InChI=1S/C9H15N3O3/c1-7(13-1)10-4-11(8-2-14-8)6-12(5-10)9-3-15-9/h7-9H,1-6H2. The maximum Gasteiger partial charge on any atom is 0.136 e. The van der Waals surface area contributed by atoms with Gasteiger partial charge in [-0.3, -0.25) is 0 Å². The second-order valence-electron chi connectivity index (χ2n) is 4.55. The van der Waals surface area contributed by atoms with Crippen LogP contribution in [0, 0.1) is 0 Å². The van der Waals surface area contributed by atoms with Crippen LogP contribution in [0.1, 0.15) is 0 Å². The molecule has 0 spiro atoms. The van der Waals surface area contributed by atoms with Crippen molar-refractivity contribution < 1.29 is 14.2 Å². The van der Waals surface area contributed by atoms with E-state index in [4.69, 9.17) is 14.2 Å². The second-order valence-corrected chi connectivity index (χ2v) is 4.55. The molecule has 4 aliphatic rings. The molecule has 4 fully saturated rings. The lowest BCUT2D eigenvalue weighted by molar-refractivity contribution is -0.0827. The van der Waals surface area contributed by atoms with Crippen LogP contribution in [0.25, 0.3) is 0 Å². The van der Waals surface area contributed by atoms with Gasteiger partial charge in [0, 0.05) is 0 Å². The van der Waals surface area contributed by atoms with E-state index in [1.54, 1.807) is 0 Å². The van der Waals surface area contributed by atoms with Gasteiger partial charge >= 0.3 is 0 Å². The first-order valence-corrected chi connectivity index (χ1v) is 5.47. The Hall–Kier alpha value is -0.240. The van der Waals surface area contributed by atoms with Crippen LogP contribution >= 0.6 is 0 Å². The summed E-state index contributed by atoms with van der Waals surface area (Å²) >= 11 is 0. The fraction of sp³-hybridized carbons (Fsp3) is 1.00. The summed E-state index contributed by atoms with van der Waals surface area (Å²) in [6.45, 7) is 5.49. The summed E-state index contributed by atoms with van der Waals surface area (Å²) in [5.41, 5.74) is 0. The van der Waals surface area contributed by atoms with Crippen molar-refractivity contribution in [2.45, 2.75) is 18.7 Å². The molecule has 0 aromatic heterocycles. The quantitative estimate of drug-likeness (QED) is 0.552. The average molecular weight is 213 g/mol. The van der Waals surface area contributed by atoms with Gasteiger partial charge in [-0.1, -0.05) is 0 Å². The Balaban J connectivity index is 1.46. The van der Waals surface area contributed by atoms with Gasteiger partial charge in [-0.15, -0.1) is 0 Å². The Labute approximate surface area is 88.3 Å². The Morgan fingerprint density at radius 2 is 0.867 bits per heavy atom. The zero-order valence-corrected chi connectivity index (χ0v) is 8.54. The van der Waals surface area contributed by atoms with Crippen LogP contribution in [-0.4, -0.2) is 73.2 Å². The number of ether oxygens (including phenoxy) is 3. The van der Waals surface area contributed by atoms with Crippen LogP contribution in [0.5, 0.6) is 0 Å². The van der Waals surface area contributed by atoms with Crippen molar-refractivity contribution in [2.24, 2.45) is 0 Å². The van der Waals surface area contributed by atoms with E-state index >= 15 is 0 Å².